The fraction of sp³-hybridized carbons (Fsp3) is 0.583. The number of unbranched alkanes of at least 4 members (excludes halogenated alkanes) is 1. The van der Waals surface area contributed by atoms with Crippen LogP contribution in [0.3, 0.4) is 0 Å². The van der Waals surface area contributed by atoms with Crippen LogP contribution in [0.5, 0.6) is 5.88 Å². The van der Waals surface area contributed by atoms with Gasteiger partial charge >= 0.3 is 0 Å². The van der Waals surface area contributed by atoms with Crippen molar-refractivity contribution in [3.8, 4) is 5.88 Å². The molecule has 0 saturated carbocycles. The van der Waals surface area contributed by atoms with Gasteiger partial charge in [-0.3, -0.25) is 4.90 Å². The molecule has 1 saturated heterocycles. The average Bonchev–Trinajstić information content (AvgIpc) is 2.84. The zero-order valence-electron chi connectivity index (χ0n) is 10.2. The Hall–Kier alpha value is 0.280. The van der Waals surface area contributed by atoms with Crippen molar-refractivity contribution < 1.29 is 4.74 Å². The number of hydrogen-bond donors (Lipinski definition) is 0. The first-order valence-electron chi connectivity index (χ1n) is 5.89. The van der Waals surface area contributed by atoms with Gasteiger partial charge in [0.2, 0.25) is 5.88 Å². The summed E-state index contributed by atoms with van der Waals surface area (Å²) in [6.45, 7) is 3.23. The van der Waals surface area contributed by atoms with Gasteiger partial charge in [0, 0.05) is 34.0 Å². The van der Waals surface area contributed by atoms with E-state index in [2.05, 4.69) is 32.5 Å². The molecule has 0 radical (unpaired) electrons. The van der Waals surface area contributed by atoms with Gasteiger partial charge in [-0.1, -0.05) is 0 Å². The maximum absolute atomic E-state index is 5.59. The molecule has 0 aliphatic carbocycles. The third-order valence-electron chi connectivity index (χ3n) is 2.64. The smallest absolute Gasteiger partial charge is 0.213 e. The summed E-state index contributed by atoms with van der Waals surface area (Å²) in [6.07, 6.45) is 4.15. The van der Waals surface area contributed by atoms with E-state index in [4.69, 9.17) is 4.74 Å². The molecule has 1 aliphatic rings. The van der Waals surface area contributed by atoms with Gasteiger partial charge in [0.15, 0.2) is 0 Å². The molecule has 6 heteroatoms. The first kappa shape index (κ1) is 16.3. The van der Waals surface area contributed by atoms with Crippen LogP contribution in [-0.2, 0) is 0 Å². The van der Waals surface area contributed by atoms with Crippen molar-refractivity contribution in [2.75, 3.05) is 31.3 Å². The second kappa shape index (κ2) is 9.23. The van der Waals surface area contributed by atoms with Gasteiger partial charge in [0.1, 0.15) is 0 Å². The van der Waals surface area contributed by atoms with Crippen LogP contribution < -0.4 is 4.74 Å². The van der Waals surface area contributed by atoms with Crippen molar-refractivity contribution in [3.63, 3.8) is 0 Å². The normalized spacial score (nSPS) is 15.4. The summed E-state index contributed by atoms with van der Waals surface area (Å²) in [5.41, 5.74) is 0. The number of rotatable bonds is 6. The summed E-state index contributed by atoms with van der Waals surface area (Å²) in [6, 6.07) is 3.95. The predicted octanol–water partition coefficient (Wildman–Crippen LogP) is 3.27. The number of hydrogen-bond acceptors (Lipinski definition) is 4. The number of halogens is 2. The Kier molecular flexibility index (Phi) is 8.37. The number of aromatic nitrogens is 1. The van der Waals surface area contributed by atoms with Crippen molar-refractivity contribution in [2.45, 2.75) is 12.8 Å². The van der Waals surface area contributed by atoms with Crippen LogP contribution in [0.4, 0.5) is 0 Å². The Morgan fingerprint density at radius 1 is 1.39 bits per heavy atom. The molecule has 3 nitrogen and oxygen atoms in total. The van der Waals surface area contributed by atoms with Crippen LogP contribution >= 0.6 is 46.8 Å². The van der Waals surface area contributed by atoms with E-state index in [1.807, 2.05) is 30.1 Å². The molecule has 0 bridgehead atoms. The lowest BCUT2D eigenvalue weighted by atomic mass is 10.3. The van der Waals surface area contributed by atoms with Crippen molar-refractivity contribution in [3.05, 3.63) is 21.9 Å². The Morgan fingerprint density at radius 2 is 2.28 bits per heavy atom. The lowest BCUT2D eigenvalue weighted by Gasteiger charge is -2.13. The molecule has 18 heavy (non-hydrogen) atoms. The van der Waals surface area contributed by atoms with Gasteiger partial charge in [-0.25, -0.2) is 4.98 Å². The predicted molar refractivity (Wildman–Crippen MR) is 87.8 cm³/mol. The molecule has 1 aromatic heterocycles. The second-order valence-corrected chi connectivity index (χ2v) is 6.35. The third-order valence-corrected chi connectivity index (χ3v) is 4.30. The molecule has 102 valence electrons. The first-order valence-corrected chi connectivity index (χ1v) is 8.12. The quantitative estimate of drug-likeness (QED) is 0.540. The van der Waals surface area contributed by atoms with Gasteiger partial charge < -0.3 is 4.74 Å². The van der Waals surface area contributed by atoms with Crippen LogP contribution in [-0.4, -0.2) is 41.2 Å². The third kappa shape index (κ3) is 5.95. The van der Waals surface area contributed by atoms with E-state index in [1.54, 1.807) is 0 Å². The molecule has 0 unspecified atom stereocenters. The molecule has 0 atom stereocenters. The largest absolute Gasteiger partial charge is 0.478 e. The first-order chi connectivity index (χ1) is 8.34. The maximum atomic E-state index is 5.59. The van der Waals surface area contributed by atoms with E-state index in [-0.39, 0.29) is 12.4 Å². The fourth-order valence-electron chi connectivity index (χ4n) is 1.69. The van der Waals surface area contributed by atoms with E-state index < -0.39 is 0 Å². The Balaban J connectivity index is 0.00000162. The highest BCUT2D eigenvalue weighted by Gasteiger charge is 2.10. The molecule has 0 amide bonds. The zero-order chi connectivity index (χ0) is 11.9. The molecule has 2 rings (SSSR count). The van der Waals surface area contributed by atoms with Gasteiger partial charge in [0.25, 0.3) is 0 Å². The summed E-state index contributed by atoms with van der Waals surface area (Å²) in [7, 11) is 0. The van der Waals surface area contributed by atoms with Crippen molar-refractivity contribution in [1.82, 2.24) is 9.88 Å². The van der Waals surface area contributed by atoms with Crippen molar-refractivity contribution in [2.24, 2.45) is 0 Å². The summed E-state index contributed by atoms with van der Waals surface area (Å²) >= 11 is 4.27. The van der Waals surface area contributed by atoms with E-state index >= 15 is 0 Å². The average molecular weight is 401 g/mol. The number of thioether (sulfide) groups is 1. The fourth-order valence-corrected chi connectivity index (χ4v) is 3.04. The van der Waals surface area contributed by atoms with Gasteiger partial charge in [0.05, 0.1) is 6.61 Å². The van der Waals surface area contributed by atoms with Gasteiger partial charge in [-0.05, 0) is 48.0 Å². The Morgan fingerprint density at radius 3 is 2.94 bits per heavy atom. The van der Waals surface area contributed by atoms with Crippen LogP contribution in [0.1, 0.15) is 12.8 Å². The molecule has 1 fully saturated rings. The SMILES string of the molecule is Cl.Ic1ccc(OCCCCN2CCSC2)nc1. The zero-order valence-corrected chi connectivity index (χ0v) is 14.0. The summed E-state index contributed by atoms with van der Waals surface area (Å²) < 4.78 is 6.73. The molecule has 0 aromatic carbocycles. The second-order valence-electron chi connectivity index (χ2n) is 4.03. The standard InChI is InChI=1S/C12H17IN2OS.ClH/c13-11-3-4-12(14-9-11)16-7-2-1-5-15-6-8-17-10-15;/h3-4,9H,1-2,5-8,10H2;1H. The molecule has 0 N–H and O–H groups in total. The Labute approximate surface area is 133 Å². The molecular weight excluding hydrogens is 383 g/mol. The highest BCUT2D eigenvalue weighted by atomic mass is 127. The minimum Gasteiger partial charge on any atom is -0.478 e. The van der Waals surface area contributed by atoms with Crippen LogP contribution in [0.15, 0.2) is 18.3 Å². The highest BCUT2D eigenvalue weighted by molar-refractivity contribution is 14.1. The molecular formula is C12H18ClIN2OS. The molecule has 1 aromatic rings. The van der Waals surface area contributed by atoms with Gasteiger partial charge in [-0.2, -0.15) is 0 Å². The highest BCUT2D eigenvalue weighted by Crippen LogP contribution is 2.14. The maximum Gasteiger partial charge on any atom is 0.213 e. The van der Waals surface area contributed by atoms with Crippen LogP contribution in [0, 0.1) is 3.57 Å². The molecule has 0 spiro atoms. The molecule has 1 aliphatic heterocycles. The van der Waals surface area contributed by atoms with E-state index in [0.29, 0.717) is 0 Å². The number of pyridine rings is 1. The van der Waals surface area contributed by atoms with E-state index in [9.17, 15) is 0 Å². The topological polar surface area (TPSA) is 25.4 Å². The van der Waals surface area contributed by atoms with E-state index in [0.717, 1.165) is 22.5 Å². The van der Waals surface area contributed by atoms with Crippen molar-refractivity contribution >= 4 is 46.8 Å². The van der Waals surface area contributed by atoms with Crippen LogP contribution in [0.2, 0.25) is 0 Å². The lowest BCUT2D eigenvalue weighted by Crippen LogP contribution is -2.21. The summed E-state index contributed by atoms with van der Waals surface area (Å²) in [4.78, 5) is 6.72. The minimum atomic E-state index is 0. The van der Waals surface area contributed by atoms with E-state index in [1.165, 1.54) is 31.1 Å². The van der Waals surface area contributed by atoms with Gasteiger partial charge in [-0.15, -0.1) is 24.2 Å². The summed E-state index contributed by atoms with van der Waals surface area (Å²) in [5, 5.41) is 0. The number of nitrogens with zero attached hydrogens (tertiary/aromatic N) is 2. The number of ether oxygens (including phenoxy) is 1. The summed E-state index contributed by atoms with van der Waals surface area (Å²) in [5.74, 6) is 3.24. The Bertz CT molecular complexity index is 333. The van der Waals surface area contributed by atoms with Crippen LogP contribution in [0.25, 0.3) is 0 Å². The van der Waals surface area contributed by atoms with Crippen molar-refractivity contribution in [1.29, 1.82) is 0 Å². The minimum absolute atomic E-state index is 0. The lowest BCUT2D eigenvalue weighted by molar-refractivity contribution is 0.276. The monoisotopic (exact) mass is 400 g/mol. The molecule has 2 heterocycles.